The minimum Gasteiger partial charge on any atom is -0.338 e. The molecule has 0 saturated heterocycles. The van der Waals surface area contributed by atoms with Crippen LogP contribution in [0.1, 0.15) is 35.1 Å². The third-order valence-electron chi connectivity index (χ3n) is 2.43. The van der Waals surface area contributed by atoms with Crippen LogP contribution in [0.25, 0.3) is 0 Å². The van der Waals surface area contributed by atoms with Crippen LogP contribution in [0.4, 0.5) is 0 Å². The minimum absolute atomic E-state index is 0.238. The van der Waals surface area contributed by atoms with Crippen molar-refractivity contribution in [2.75, 3.05) is 0 Å². The molecule has 0 N–H and O–H groups in total. The summed E-state index contributed by atoms with van der Waals surface area (Å²) < 4.78 is 5.05. The molecule has 1 aromatic heterocycles. The Balaban J connectivity index is 2.18. The van der Waals surface area contributed by atoms with Gasteiger partial charge in [0.05, 0.1) is 0 Å². The maximum atomic E-state index is 5.85. The summed E-state index contributed by atoms with van der Waals surface area (Å²) in [5.41, 5.74) is 2.44. The van der Waals surface area contributed by atoms with Gasteiger partial charge < -0.3 is 4.52 Å². The maximum absolute atomic E-state index is 5.85. The molecule has 2 rings (SSSR count). The molecule has 0 spiro atoms. The predicted molar refractivity (Wildman–Crippen MR) is 62.6 cm³/mol. The van der Waals surface area contributed by atoms with E-state index in [4.69, 9.17) is 16.1 Å². The summed E-state index contributed by atoms with van der Waals surface area (Å²) in [7, 11) is 0. The van der Waals surface area contributed by atoms with Gasteiger partial charge in [0.15, 0.2) is 5.82 Å². The van der Waals surface area contributed by atoms with Crippen LogP contribution in [0.3, 0.4) is 0 Å². The molecule has 4 heteroatoms. The predicted octanol–water partition coefficient (Wildman–Crippen LogP) is 3.27. The van der Waals surface area contributed by atoms with Crippen molar-refractivity contribution in [1.82, 2.24) is 10.1 Å². The van der Waals surface area contributed by atoms with Gasteiger partial charge in [-0.15, -0.1) is 11.6 Å². The smallest absolute Gasteiger partial charge is 0.244 e. The number of aromatic nitrogens is 2. The summed E-state index contributed by atoms with van der Waals surface area (Å²) in [5, 5.41) is 3.67. The summed E-state index contributed by atoms with van der Waals surface area (Å²) in [6.07, 6.45) is 0.680. The van der Waals surface area contributed by atoms with E-state index in [1.54, 1.807) is 0 Å². The summed E-state index contributed by atoms with van der Waals surface area (Å²) >= 11 is 5.85. The van der Waals surface area contributed by atoms with E-state index in [1.165, 1.54) is 11.1 Å². The monoisotopic (exact) mass is 236 g/mol. The van der Waals surface area contributed by atoms with Gasteiger partial charge in [-0.25, -0.2) is 0 Å². The van der Waals surface area contributed by atoms with E-state index in [-0.39, 0.29) is 5.38 Å². The number of halogens is 1. The lowest BCUT2D eigenvalue weighted by atomic mass is 10.1. The van der Waals surface area contributed by atoms with Crippen molar-refractivity contribution < 1.29 is 4.52 Å². The lowest BCUT2D eigenvalue weighted by molar-refractivity contribution is 0.374. The molecule has 1 unspecified atom stereocenters. The van der Waals surface area contributed by atoms with E-state index in [2.05, 4.69) is 29.2 Å². The molecule has 0 saturated carbocycles. The quantitative estimate of drug-likeness (QED) is 0.768. The second-order valence-electron chi connectivity index (χ2n) is 3.77. The number of rotatable bonds is 3. The first kappa shape index (κ1) is 11.1. The molecule has 1 aromatic carbocycles. The summed E-state index contributed by atoms with van der Waals surface area (Å²) in [6, 6.07) is 8.16. The molecule has 0 aliphatic carbocycles. The lowest BCUT2D eigenvalue weighted by Crippen LogP contribution is -1.94. The molecule has 84 valence electrons. The Morgan fingerprint density at radius 2 is 2.12 bits per heavy atom. The highest BCUT2D eigenvalue weighted by Crippen LogP contribution is 2.18. The molecular formula is C12H13ClN2O. The molecule has 16 heavy (non-hydrogen) atoms. The Morgan fingerprint density at radius 1 is 1.38 bits per heavy atom. The fraction of sp³-hybridized carbons (Fsp3) is 0.333. The molecular weight excluding hydrogens is 224 g/mol. The molecule has 0 amide bonds. The second-order valence-corrected chi connectivity index (χ2v) is 4.42. The Hall–Kier alpha value is -1.35. The Labute approximate surface area is 99.4 Å². The van der Waals surface area contributed by atoms with Gasteiger partial charge in [0, 0.05) is 6.42 Å². The molecule has 3 nitrogen and oxygen atoms in total. The molecule has 1 atom stereocenters. The van der Waals surface area contributed by atoms with E-state index >= 15 is 0 Å². The van der Waals surface area contributed by atoms with Gasteiger partial charge in [-0.3, -0.25) is 0 Å². The number of hydrogen-bond donors (Lipinski definition) is 0. The van der Waals surface area contributed by atoms with Crippen molar-refractivity contribution in [3.05, 3.63) is 47.1 Å². The van der Waals surface area contributed by atoms with Gasteiger partial charge in [0.2, 0.25) is 5.89 Å². The Morgan fingerprint density at radius 3 is 2.75 bits per heavy atom. The van der Waals surface area contributed by atoms with Crippen LogP contribution < -0.4 is 0 Å². The van der Waals surface area contributed by atoms with Crippen LogP contribution in [0.15, 0.2) is 28.8 Å². The van der Waals surface area contributed by atoms with Crippen molar-refractivity contribution in [1.29, 1.82) is 0 Å². The molecule has 2 aromatic rings. The van der Waals surface area contributed by atoms with Gasteiger partial charge in [-0.2, -0.15) is 4.98 Å². The Kier molecular flexibility index (Phi) is 3.25. The van der Waals surface area contributed by atoms with E-state index in [1.807, 2.05) is 19.1 Å². The fourth-order valence-electron chi connectivity index (χ4n) is 1.48. The van der Waals surface area contributed by atoms with Gasteiger partial charge >= 0.3 is 0 Å². The first-order chi connectivity index (χ1) is 7.66. The molecule has 0 aliphatic rings. The zero-order chi connectivity index (χ0) is 11.5. The Bertz CT molecular complexity index is 479. The molecule has 1 heterocycles. The number of nitrogens with zero attached hydrogens (tertiary/aromatic N) is 2. The van der Waals surface area contributed by atoms with Crippen molar-refractivity contribution >= 4 is 11.6 Å². The van der Waals surface area contributed by atoms with Gasteiger partial charge in [-0.05, 0) is 25.0 Å². The van der Waals surface area contributed by atoms with E-state index in [9.17, 15) is 0 Å². The molecule has 0 fully saturated rings. The topological polar surface area (TPSA) is 38.9 Å². The minimum atomic E-state index is -0.238. The van der Waals surface area contributed by atoms with Gasteiger partial charge in [0.25, 0.3) is 0 Å². The molecule has 0 radical (unpaired) electrons. The highest BCUT2D eigenvalue weighted by atomic mass is 35.5. The van der Waals surface area contributed by atoms with Crippen LogP contribution in [0, 0.1) is 6.92 Å². The van der Waals surface area contributed by atoms with Crippen molar-refractivity contribution in [2.24, 2.45) is 0 Å². The van der Waals surface area contributed by atoms with E-state index < -0.39 is 0 Å². The van der Waals surface area contributed by atoms with E-state index in [0.717, 1.165) is 0 Å². The molecule has 0 aliphatic heterocycles. The van der Waals surface area contributed by atoms with Crippen LogP contribution in [-0.4, -0.2) is 10.1 Å². The average Bonchev–Trinajstić information content (AvgIpc) is 2.70. The maximum Gasteiger partial charge on any atom is 0.244 e. The largest absolute Gasteiger partial charge is 0.338 e. The average molecular weight is 237 g/mol. The van der Waals surface area contributed by atoms with Crippen molar-refractivity contribution in [3.8, 4) is 0 Å². The summed E-state index contributed by atoms with van der Waals surface area (Å²) in [6.45, 7) is 3.88. The van der Waals surface area contributed by atoms with Crippen LogP contribution in [-0.2, 0) is 6.42 Å². The third-order valence-corrected chi connectivity index (χ3v) is 2.62. The number of hydrogen-bond acceptors (Lipinski definition) is 3. The standard InChI is InChI=1S/C12H13ClN2O/c1-8-5-3-4-6-10(8)7-11-14-12(9(2)13)16-15-11/h3-6,9H,7H2,1-2H3. The van der Waals surface area contributed by atoms with Gasteiger partial charge in [-0.1, -0.05) is 29.4 Å². The zero-order valence-corrected chi connectivity index (χ0v) is 10.0. The summed E-state index contributed by atoms with van der Waals surface area (Å²) in [5.74, 6) is 1.15. The SMILES string of the molecule is Cc1ccccc1Cc1noc(C(C)Cl)n1. The number of alkyl halides is 1. The highest BCUT2D eigenvalue weighted by molar-refractivity contribution is 6.20. The summed E-state index contributed by atoms with van der Waals surface area (Å²) in [4.78, 5) is 4.24. The molecule has 0 bridgehead atoms. The van der Waals surface area contributed by atoms with Crippen LogP contribution in [0.2, 0.25) is 0 Å². The second kappa shape index (κ2) is 4.66. The van der Waals surface area contributed by atoms with Crippen molar-refractivity contribution in [2.45, 2.75) is 25.6 Å². The van der Waals surface area contributed by atoms with Crippen LogP contribution >= 0.6 is 11.6 Å². The fourth-order valence-corrected chi connectivity index (χ4v) is 1.57. The van der Waals surface area contributed by atoms with Crippen LogP contribution in [0.5, 0.6) is 0 Å². The number of benzene rings is 1. The number of aryl methyl sites for hydroxylation is 1. The van der Waals surface area contributed by atoms with E-state index in [0.29, 0.717) is 18.1 Å². The first-order valence-electron chi connectivity index (χ1n) is 5.18. The zero-order valence-electron chi connectivity index (χ0n) is 9.27. The lowest BCUT2D eigenvalue weighted by Gasteiger charge is -2.00. The first-order valence-corrected chi connectivity index (χ1v) is 5.61. The highest BCUT2D eigenvalue weighted by Gasteiger charge is 2.12. The normalized spacial score (nSPS) is 12.7. The van der Waals surface area contributed by atoms with Gasteiger partial charge in [0.1, 0.15) is 5.38 Å². The third kappa shape index (κ3) is 2.42. The van der Waals surface area contributed by atoms with Crippen molar-refractivity contribution in [3.63, 3.8) is 0 Å².